The number of Topliss-reactive ketones (excluding diaryl/α,β-unsaturated/α-hetero) is 1. The van der Waals surface area contributed by atoms with Crippen LogP contribution in [0.4, 0.5) is 18.9 Å². The van der Waals surface area contributed by atoms with Crippen LogP contribution >= 0.6 is 0 Å². The Labute approximate surface area is 205 Å². The summed E-state index contributed by atoms with van der Waals surface area (Å²) in [4.78, 5) is 35.2. The summed E-state index contributed by atoms with van der Waals surface area (Å²) < 4.78 is 74.4. The van der Waals surface area contributed by atoms with Crippen molar-refractivity contribution in [2.75, 3.05) is 0 Å². The van der Waals surface area contributed by atoms with Crippen molar-refractivity contribution in [2.45, 2.75) is 57.1 Å². The number of esters is 1. The average Bonchev–Trinajstić information content (AvgIpc) is 2.73. The molecule has 2 rings (SSSR count). The summed E-state index contributed by atoms with van der Waals surface area (Å²) in [5.74, 6) is -6.97. The average molecular weight is 531 g/mol. The fraction of sp³-hybridized carbons (Fsp3) is 0.391. The lowest BCUT2D eigenvalue weighted by Crippen LogP contribution is -2.41. The number of benzene rings is 2. The Hall–Kier alpha value is -3.32. The number of halogens is 3. The number of hydrogen-bond acceptors (Lipinski definition) is 7. The van der Waals surface area contributed by atoms with Crippen molar-refractivity contribution in [3.63, 3.8) is 0 Å². The third-order valence-electron chi connectivity index (χ3n) is 4.91. The summed E-state index contributed by atoms with van der Waals surface area (Å²) in [6.45, 7) is 5.75. The number of rotatable bonds is 10. The second-order valence-electron chi connectivity index (χ2n) is 9.02. The van der Waals surface area contributed by atoms with Gasteiger partial charge in [-0.15, -0.1) is 0 Å². The summed E-state index contributed by atoms with van der Waals surface area (Å²) in [5, 5.41) is 11.2. The number of nitro groups is 1. The van der Waals surface area contributed by atoms with Crippen LogP contribution < -0.4 is 4.72 Å². The highest BCUT2D eigenvalue weighted by atomic mass is 32.2. The first-order chi connectivity index (χ1) is 16.5. The van der Waals surface area contributed by atoms with Crippen LogP contribution in [0.3, 0.4) is 0 Å². The highest BCUT2D eigenvalue weighted by molar-refractivity contribution is 7.89. The van der Waals surface area contributed by atoms with E-state index in [-0.39, 0.29) is 0 Å². The summed E-state index contributed by atoms with van der Waals surface area (Å²) in [6.07, 6.45) is -1.35. The molecule has 36 heavy (non-hydrogen) atoms. The molecular weight excluding hydrogens is 505 g/mol. The van der Waals surface area contributed by atoms with Crippen LogP contribution in [-0.2, 0) is 30.8 Å². The number of carbonyl (C=O) groups is 2. The zero-order valence-corrected chi connectivity index (χ0v) is 20.7. The molecule has 0 aliphatic rings. The van der Waals surface area contributed by atoms with Crippen LogP contribution in [0, 0.1) is 33.5 Å². The van der Waals surface area contributed by atoms with E-state index in [0.717, 1.165) is 19.1 Å². The fourth-order valence-corrected chi connectivity index (χ4v) is 4.65. The van der Waals surface area contributed by atoms with Gasteiger partial charge in [0.1, 0.15) is 23.1 Å². The second kappa shape index (κ2) is 11.2. The third-order valence-corrected chi connectivity index (χ3v) is 6.50. The van der Waals surface area contributed by atoms with E-state index in [1.807, 2.05) is 4.72 Å². The fourth-order valence-electron chi connectivity index (χ4n) is 3.25. The SMILES string of the molecule is C[C@H](NS(=O)(=O)c1ccccc1[N+](=O)[O-])C(=O)C[C@@H](Cc1c(F)cc(F)cc1F)C(=O)OC(C)(C)C. The van der Waals surface area contributed by atoms with Crippen molar-refractivity contribution in [3.05, 3.63) is 69.5 Å². The van der Waals surface area contributed by atoms with Crippen LogP contribution in [-0.4, -0.2) is 36.7 Å². The van der Waals surface area contributed by atoms with E-state index < -0.39 is 90.7 Å². The van der Waals surface area contributed by atoms with Gasteiger partial charge < -0.3 is 4.74 Å². The predicted octanol–water partition coefficient (Wildman–Crippen LogP) is 3.84. The number of nitro benzene ring substituents is 1. The van der Waals surface area contributed by atoms with E-state index in [0.29, 0.717) is 12.1 Å². The molecule has 0 aliphatic carbocycles. The Kier molecular flexibility index (Phi) is 8.97. The highest BCUT2D eigenvalue weighted by Crippen LogP contribution is 2.25. The van der Waals surface area contributed by atoms with Gasteiger partial charge in [-0.2, -0.15) is 0 Å². The number of sulfonamides is 1. The Morgan fingerprint density at radius 2 is 1.67 bits per heavy atom. The molecule has 0 aliphatic heterocycles. The second-order valence-corrected chi connectivity index (χ2v) is 10.7. The topological polar surface area (TPSA) is 133 Å². The molecule has 2 aromatic carbocycles. The summed E-state index contributed by atoms with van der Waals surface area (Å²) in [6, 6.07) is 3.88. The van der Waals surface area contributed by atoms with E-state index in [1.54, 1.807) is 0 Å². The maximum atomic E-state index is 14.2. The van der Waals surface area contributed by atoms with E-state index in [1.165, 1.54) is 32.9 Å². The zero-order valence-electron chi connectivity index (χ0n) is 19.9. The molecule has 9 nitrogen and oxygen atoms in total. The zero-order chi connectivity index (χ0) is 27.4. The van der Waals surface area contributed by atoms with Crippen LogP contribution in [0.5, 0.6) is 0 Å². The molecular formula is C23H25F3N2O7S. The van der Waals surface area contributed by atoms with E-state index in [9.17, 15) is 41.3 Å². The van der Waals surface area contributed by atoms with E-state index >= 15 is 0 Å². The number of nitrogens with zero attached hydrogens (tertiary/aromatic N) is 1. The quantitative estimate of drug-likeness (QED) is 0.280. The van der Waals surface area contributed by atoms with Gasteiger partial charge >= 0.3 is 5.97 Å². The molecule has 0 saturated heterocycles. The number of ether oxygens (including phenoxy) is 1. The minimum atomic E-state index is -4.53. The Morgan fingerprint density at radius 3 is 2.19 bits per heavy atom. The summed E-state index contributed by atoms with van der Waals surface area (Å²) in [7, 11) is -4.53. The molecule has 13 heteroatoms. The third kappa shape index (κ3) is 7.59. The van der Waals surface area contributed by atoms with Crippen LogP contribution in [0.25, 0.3) is 0 Å². The Bertz CT molecular complexity index is 1250. The molecule has 1 N–H and O–H groups in total. The molecule has 2 aromatic rings. The molecule has 0 amide bonds. The van der Waals surface area contributed by atoms with Crippen LogP contribution in [0.15, 0.2) is 41.3 Å². The minimum Gasteiger partial charge on any atom is -0.460 e. The van der Waals surface area contributed by atoms with Gasteiger partial charge in [-0.05, 0) is 40.2 Å². The first kappa shape index (κ1) is 28.9. The van der Waals surface area contributed by atoms with E-state index in [2.05, 4.69) is 0 Å². The molecule has 0 radical (unpaired) electrons. The van der Waals surface area contributed by atoms with Gasteiger partial charge in [0, 0.05) is 30.2 Å². The molecule has 196 valence electrons. The van der Waals surface area contributed by atoms with Gasteiger partial charge in [-0.3, -0.25) is 19.7 Å². The van der Waals surface area contributed by atoms with Gasteiger partial charge in [0.05, 0.1) is 16.9 Å². The van der Waals surface area contributed by atoms with Crippen molar-refractivity contribution >= 4 is 27.5 Å². The lowest BCUT2D eigenvalue weighted by Gasteiger charge is -2.25. The van der Waals surface area contributed by atoms with Gasteiger partial charge in [-0.1, -0.05) is 12.1 Å². The van der Waals surface area contributed by atoms with Gasteiger partial charge in [-0.25, -0.2) is 26.3 Å². The monoisotopic (exact) mass is 530 g/mol. The normalized spacial score (nSPS) is 13.6. The molecule has 0 bridgehead atoms. The van der Waals surface area contributed by atoms with Crippen molar-refractivity contribution in [3.8, 4) is 0 Å². The lowest BCUT2D eigenvalue weighted by atomic mass is 9.92. The summed E-state index contributed by atoms with van der Waals surface area (Å²) >= 11 is 0. The van der Waals surface area contributed by atoms with E-state index in [4.69, 9.17) is 4.74 Å². The standard InChI is InChI=1S/C23H25F3N2O7S/c1-13(27-36(33,34)21-8-6-5-7-19(21)28(31)32)20(29)10-14(22(30)35-23(2,3)4)9-16-17(25)11-15(24)12-18(16)26/h5-8,11-14,27H,9-10H2,1-4H3/t13-,14+/m0/s1. The van der Waals surface area contributed by atoms with Crippen LogP contribution in [0.1, 0.15) is 39.7 Å². The first-order valence-corrected chi connectivity index (χ1v) is 12.1. The van der Waals surface area contributed by atoms with Crippen LogP contribution in [0.2, 0.25) is 0 Å². The Balaban J connectivity index is 2.30. The molecule has 0 spiro atoms. The maximum absolute atomic E-state index is 14.2. The van der Waals surface area contributed by atoms with Crippen molar-refractivity contribution in [2.24, 2.45) is 5.92 Å². The van der Waals surface area contributed by atoms with Gasteiger partial charge in [0.2, 0.25) is 10.0 Å². The number of nitrogens with one attached hydrogen (secondary N) is 1. The highest BCUT2D eigenvalue weighted by Gasteiger charge is 2.33. The maximum Gasteiger partial charge on any atom is 0.310 e. The molecule has 0 unspecified atom stereocenters. The van der Waals surface area contributed by atoms with Gasteiger partial charge in [0.25, 0.3) is 5.69 Å². The molecule has 0 saturated carbocycles. The first-order valence-electron chi connectivity index (χ1n) is 10.7. The number of ketones is 1. The Morgan fingerprint density at radius 1 is 1.11 bits per heavy atom. The number of para-hydroxylation sites is 1. The number of hydrogen-bond donors (Lipinski definition) is 1. The van der Waals surface area contributed by atoms with Crippen molar-refractivity contribution < 1.29 is 40.8 Å². The smallest absolute Gasteiger partial charge is 0.310 e. The molecule has 2 atom stereocenters. The minimum absolute atomic E-state index is 0.426. The molecule has 0 aromatic heterocycles. The molecule has 0 fully saturated rings. The van der Waals surface area contributed by atoms with Crippen molar-refractivity contribution in [1.29, 1.82) is 0 Å². The molecule has 0 heterocycles. The van der Waals surface area contributed by atoms with Gasteiger partial charge in [0.15, 0.2) is 10.7 Å². The lowest BCUT2D eigenvalue weighted by molar-refractivity contribution is -0.387. The number of carbonyl (C=O) groups excluding carboxylic acids is 2. The predicted molar refractivity (Wildman–Crippen MR) is 122 cm³/mol. The summed E-state index contributed by atoms with van der Waals surface area (Å²) in [5.41, 5.74) is -2.37. The largest absolute Gasteiger partial charge is 0.460 e. The van der Waals surface area contributed by atoms with Crippen molar-refractivity contribution in [1.82, 2.24) is 4.72 Å².